The fourth-order valence-electron chi connectivity index (χ4n) is 4.36. The maximum atomic E-state index is 14.1. The molecule has 8 heteroatoms. The second-order valence-electron chi connectivity index (χ2n) is 11.1. The molecule has 208 valence electrons. The van der Waals surface area contributed by atoms with Gasteiger partial charge in [0.25, 0.3) is 5.91 Å². The maximum Gasteiger partial charge on any atom is 0.408 e. The Labute approximate surface area is 232 Å². The van der Waals surface area contributed by atoms with Crippen LogP contribution < -0.4 is 10.6 Å². The summed E-state index contributed by atoms with van der Waals surface area (Å²) in [4.78, 5) is 42.3. The van der Waals surface area contributed by atoms with Crippen LogP contribution in [0.5, 0.6) is 0 Å². The summed E-state index contributed by atoms with van der Waals surface area (Å²) in [5.74, 6) is -0.987. The lowest BCUT2D eigenvalue weighted by Crippen LogP contribution is -2.54. The number of ether oxygens (including phenoxy) is 1. The molecule has 3 amide bonds. The number of carbonyl (C=O) groups is 3. The van der Waals surface area contributed by atoms with E-state index in [1.165, 1.54) is 0 Å². The number of hydrogen-bond donors (Lipinski definition) is 2. The Bertz CT molecular complexity index is 1120. The molecule has 0 aliphatic carbocycles. The van der Waals surface area contributed by atoms with Crippen molar-refractivity contribution in [2.75, 3.05) is 11.9 Å². The summed E-state index contributed by atoms with van der Waals surface area (Å²) in [6.45, 7) is 17.0. The van der Waals surface area contributed by atoms with Crippen molar-refractivity contribution < 1.29 is 19.1 Å². The van der Waals surface area contributed by atoms with E-state index in [1.807, 2.05) is 71.9 Å². The number of aryl methyl sites for hydroxylation is 3. The maximum absolute atomic E-state index is 14.1. The van der Waals surface area contributed by atoms with E-state index in [0.717, 1.165) is 16.7 Å². The molecule has 0 saturated heterocycles. The third-order valence-electron chi connectivity index (χ3n) is 5.94. The number of benzene rings is 2. The van der Waals surface area contributed by atoms with Crippen molar-refractivity contribution in [2.45, 2.75) is 86.4 Å². The lowest BCUT2D eigenvalue weighted by molar-refractivity contribution is -0.141. The summed E-state index contributed by atoms with van der Waals surface area (Å²) in [5.41, 5.74) is 3.23. The van der Waals surface area contributed by atoms with Gasteiger partial charge in [0.05, 0.1) is 10.7 Å². The van der Waals surface area contributed by atoms with Crippen LogP contribution in [-0.2, 0) is 14.3 Å². The number of halogens is 1. The van der Waals surface area contributed by atoms with Crippen LogP contribution in [0.1, 0.15) is 76.3 Å². The highest BCUT2D eigenvalue weighted by atomic mass is 35.5. The van der Waals surface area contributed by atoms with Crippen LogP contribution in [0.2, 0.25) is 5.02 Å². The third-order valence-corrected chi connectivity index (χ3v) is 6.26. The summed E-state index contributed by atoms with van der Waals surface area (Å²) >= 11 is 6.42. The van der Waals surface area contributed by atoms with Crippen LogP contribution in [0.4, 0.5) is 10.5 Å². The van der Waals surface area contributed by atoms with Gasteiger partial charge in [-0.1, -0.05) is 73.8 Å². The summed E-state index contributed by atoms with van der Waals surface area (Å²) in [6.07, 6.45) is -0.0667. The lowest BCUT2D eigenvalue weighted by atomic mass is 9.96. The highest BCUT2D eigenvalue weighted by Gasteiger charge is 2.37. The van der Waals surface area contributed by atoms with E-state index < -0.39 is 23.8 Å². The van der Waals surface area contributed by atoms with E-state index in [9.17, 15) is 14.4 Å². The number of carbonyl (C=O) groups excluding carboxylic acids is 3. The molecule has 2 atom stereocenters. The van der Waals surface area contributed by atoms with Crippen LogP contribution >= 0.6 is 11.6 Å². The van der Waals surface area contributed by atoms with Gasteiger partial charge in [0, 0.05) is 6.54 Å². The number of nitrogens with zero attached hydrogens (tertiary/aromatic N) is 1. The zero-order valence-electron chi connectivity index (χ0n) is 24.1. The van der Waals surface area contributed by atoms with E-state index in [-0.39, 0.29) is 17.7 Å². The minimum Gasteiger partial charge on any atom is -0.444 e. The first-order valence-electron chi connectivity index (χ1n) is 13.1. The fraction of sp³-hybridized carbons (Fsp3) is 0.500. The van der Waals surface area contributed by atoms with Crippen LogP contribution in [0.25, 0.3) is 0 Å². The van der Waals surface area contributed by atoms with Gasteiger partial charge in [-0.2, -0.15) is 0 Å². The number of para-hydroxylation sites is 1. The van der Waals surface area contributed by atoms with Gasteiger partial charge in [-0.05, 0) is 71.1 Å². The Hall–Kier alpha value is -3.06. The lowest BCUT2D eigenvalue weighted by Gasteiger charge is -2.35. The van der Waals surface area contributed by atoms with Gasteiger partial charge in [0.15, 0.2) is 0 Å². The molecule has 0 aromatic heterocycles. The summed E-state index contributed by atoms with van der Waals surface area (Å²) < 4.78 is 5.42. The fourth-order valence-corrected chi connectivity index (χ4v) is 4.63. The van der Waals surface area contributed by atoms with E-state index in [2.05, 4.69) is 10.6 Å². The third kappa shape index (κ3) is 8.48. The zero-order valence-corrected chi connectivity index (χ0v) is 24.8. The van der Waals surface area contributed by atoms with E-state index >= 15 is 0 Å². The minimum atomic E-state index is -0.946. The van der Waals surface area contributed by atoms with E-state index in [1.54, 1.807) is 31.7 Å². The summed E-state index contributed by atoms with van der Waals surface area (Å²) in [7, 11) is 0. The van der Waals surface area contributed by atoms with Crippen LogP contribution in [-0.4, -0.2) is 41.0 Å². The second kappa shape index (κ2) is 13.1. The molecule has 2 N–H and O–H groups in total. The van der Waals surface area contributed by atoms with E-state index in [4.69, 9.17) is 16.3 Å². The van der Waals surface area contributed by atoms with Gasteiger partial charge in [-0.25, -0.2) is 4.79 Å². The first-order chi connectivity index (χ1) is 17.6. The van der Waals surface area contributed by atoms with Crippen molar-refractivity contribution in [3.05, 3.63) is 63.7 Å². The van der Waals surface area contributed by atoms with Crippen molar-refractivity contribution >= 4 is 35.2 Å². The first-order valence-corrected chi connectivity index (χ1v) is 13.5. The van der Waals surface area contributed by atoms with Gasteiger partial charge in [-0.15, -0.1) is 0 Å². The average Bonchev–Trinajstić information content (AvgIpc) is 2.77. The Balaban J connectivity index is 2.58. The molecule has 2 aromatic carbocycles. The zero-order chi connectivity index (χ0) is 28.8. The molecule has 2 unspecified atom stereocenters. The number of anilines is 1. The molecular weight excluding hydrogens is 502 g/mol. The molecule has 0 bridgehead atoms. The molecule has 0 fully saturated rings. The highest BCUT2D eigenvalue weighted by Crippen LogP contribution is 2.30. The first kappa shape index (κ1) is 31.2. The minimum absolute atomic E-state index is 0.247. The van der Waals surface area contributed by atoms with Gasteiger partial charge in [0.2, 0.25) is 5.91 Å². The normalized spacial score (nSPS) is 13.0. The van der Waals surface area contributed by atoms with Crippen molar-refractivity contribution in [2.24, 2.45) is 5.92 Å². The number of rotatable bonds is 9. The standard InChI is InChI=1S/C30H42ClN3O4/c1-10-14-34(28(36)24(18(2)3)33-29(37)38-30(7,8)9)26(22-16-19(4)15-20(5)17-22)27(35)32-25-21(6)12-11-13-23(25)31/h11-13,15-18,24,26H,10,14H2,1-9H3,(H,32,35)(H,33,37). The molecule has 0 saturated carbocycles. The van der Waals surface area contributed by atoms with Gasteiger partial charge >= 0.3 is 6.09 Å². The SMILES string of the molecule is CCCN(C(=O)C(NC(=O)OC(C)(C)C)C(C)C)C(C(=O)Nc1c(C)cccc1Cl)c1cc(C)cc(C)c1. The molecule has 0 aliphatic heterocycles. The molecule has 0 heterocycles. The average molecular weight is 544 g/mol. The van der Waals surface area contributed by atoms with Crippen molar-refractivity contribution in [3.63, 3.8) is 0 Å². The van der Waals surface area contributed by atoms with Gasteiger partial charge in [-0.3, -0.25) is 9.59 Å². The van der Waals surface area contributed by atoms with Crippen LogP contribution in [0, 0.1) is 26.7 Å². The number of nitrogens with one attached hydrogen (secondary N) is 2. The predicted octanol–water partition coefficient (Wildman–Crippen LogP) is 6.73. The van der Waals surface area contributed by atoms with Crippen molar-refractivity contribution in [1.29, 1.82) is 0 Å². The van der Waals surface area contributed by atoms with Gasteiger partial charge in [0.1, 0.15) is 17.7 Å². The molecule has 7 nitrogen and oxygen atoms in total. The molecule has 2 aromatic rings. The molecule has 2 rings (SSSR count). The molecular formula is C30H42ClN3O4. The smallest absolute Gasteiger partial charge is 0.408 e. The number of hydrogen-bond acceptors (Lipinski definition) is 4. The quantitative estimate of drug-likeness (QED) is 0.367. The Morgan fingerprint density at radius 2 is 1.63 bits per heavy atom. The Morgan fingerprint density at radius 3 is 2.13 bits per heavy atom. The summed E-state index contributed by atoms with van der Waals surface area (Å²) in [5, 5.41) is 6.13. The van der Waals surface area contributed by atoms with Gasteiger partial charge < -0.3 is 20.3 Å². The topological polar surface area (TPSA) is 87.7 Å². The van der Waals surface area contributed by atoms with E-state index in [0.29, 0.717) is 29.2 Å². The second-order valence-corrected chi connectivity index (χ2v) is 11.6. The summed E-state index contributed by atoms with van der Waals surface area (Å²) in [6, 6.07) is 9.40. The molecule has 0 radical (unpaired) electrons. The monoisotopic (exact) mass is 543 g/mol. The highest BCUT2D eigenvalue weighted by molar-refractivity contribution is 6.34. The largest absolute Gasteiger partial charge is 0.444 e. The predicted molar refractivity (Wildman–Crippen MR) is 153 cm³/mol. The number of alkyl carbamates (subject to hydrolysis) is 1. The van der Waals surface area contributed by atoms with Crippen molar-refractivity contribution in [1.82, 2.24) is 10.2 Å². The Kier molecular flexibility index (Phi) is 10.8. The molecule has 0 aliphatic rings. The molecule has 0 spiro atoms. The van der Waals surface area contributed by atoms with Crippen LogP contribution in [0.3, 0.4) is 0 Å². The van der Waals surface area contributed by atoms with Crippen molar-refractivity contribution in [3.8, 4) is 0 Å². The number of amides is 3. The molecule has 38 heavy (non-hydrogen) atoms. The Morgan fingerprint density at radius 1 is 1.03 bits per heavy atom. The van der Waals surface area contributed by atoms with Crippen LogP contribution in [0.15, 0.2) is 36.4 Å².